The van der Waals surface area contributed by atoms with Crippen LogP contribution in [0.25, 0.3) is 0 Å². The fourth-order valence-electron chi connectivity index (χ4n) is 3.04. The quantitative estimate of drug-likeness (QED) is 0.423. The van der Waals surface area contributed by atoms with Gasteiger partial charge in [0.1, 0.15) is 17.9 Å². The lowest BCUT2D eigenvalue weighted by atomic mass is 9.87. The number of alkyl carbamates (subject to hydrolysis) is 1. The molecule has 3 N–H and O–H groups in total. The molecule has 0 aliphatic rings. The zero-order valence-corrected chi connectivity index (χ0v) is 21.5. The van der Waals surface area contributed by atoms with Gasteiger partial charge in [0.25, 0.3) is 0 Å². The predicted molar refractivity (Wildman–Crippen MR) is 138 cm³/mol. The zero-order chi connectivity index (χ0) is 26.1. The van der Waals surface area contributed by atoms with Crippen LogP contribution >= 0.6 is 0 Å². The number of nitrogens with one attached hydrogen (secondary N) is 3. The molecule has 0 spiro atoms. The Morgan fingerprint density at radius 3 is 2.00 bits per heavy atom. The molecule has 35 heavy (non-hydrogen) atoms. The van der Waals surface area contributed by atoms with Gasteiger partial charge in [0.15, 0.2) is 0 Å². The molecule has 0 atom stereocenters. The average Bonchev–Trinajstić information content (AvgIpc) is 2.74. The first-order chi connectivity index (χ1) is 16.3. The summed E-state index contributed by atoms with van der Waals surface area (Å²) >= 11 is 0. The monoisotopic (exact) mass is 483 g/mol. The second-order valence-electron chi connectivity index (χ2n) is 10.3. The maximum atomic E-state index is 12.3. The van der Waals surface area contributed by atoms with Crippen LogP contribution in [-0.2, 0) is 19.7 Å². The highest BCUT2D eigenvalue weighted by atomic mass is 16.6. The Morgan fingerprint density at radius 1 is 0.829 bits per heavy atom. The van der Waals surface area contributed by atoms with Gasteiger partial charge in [-0.05, 0) is 68.5 Å². The highest BCUT2D eigenvalue weighted by molar-refractivity contribution is 5.95. The van der Waals surface area contributed by atoms with Gasteiger partial charge in [0, 0.05) is 17.8 Å². The number of carbonyl (C=O) groups is 3. The van der Waals surface area contributed by atoms with E-state index in [1.54, 1.807) is 45.0 Å². The third-order valence-electron chi connectivity index (χ3n) is 4.76. The van der Waals surface area contributed by atoms with Crippen LogP contribution in [0.15, 0.2) is 48.5 Å². The highest BCUT2D eigenvalue weighted by Gasteiger charge is 2.17. The molecule has 0 unspecified atom stereocenters. The zero-order valence-electron chi connectivity index (χ0n) is 21.5. The Balaban J connectivity index is 1.72. The van der Waals surface area contributed by atoms with Gasteiger partial charge in [-0.15, -0.1) is 0 Å². The maximum absolute atomic E-state index is 12.3. The summed E-state index contributed by atoms with van der Waals surface area (Å²) in [6.45, 7) is 11.9. The molecule has 0 aromatic heterocycles. The summed E-state index contributed by atoms with van der Waals surface area (Å²) in [6, 6.07) is 14.8. The summed E-state index contributed by atoms with van der Waals surface area (Å²) in [6.07, 6.45) is 0.204. The lowest BCUT2D eigenvalue weighted by Gasteiger charge is -2.19. The minimum absolute atomic E-state index is 0.0910. The van der Waals surface area contributed by atoms with Crippen LogP contribution in [0.3, 0.4) is 0 Å². The van der Waals surface area contributed by atoms with Crippen molar-refractivity contribution in [3.05, 3.63) is 54.1 Å². The van der Waals surface area contributed by atoms with Gasteiger partial charge in [0.2, 0.25) is 11.8 Å². The number of ether oxygens (including phenoxy) is 2. The molecule has 8 heteroatoms. The standard InChI is InChI=1S/C27H37N3O5/c1-26(2,3)19-12-14-22(15-13-19)34-16-8-11-23(31)29-20-9-7-10-21(17-20)30-24(32)18-28-25(33)35-27(4,5)6/h7,9-10,12-15,17H,8,11,16,18H2,1-6H3,(H,28,33)(H,29,31)(H,30,32). The van der Waals surface area contributed by atoms with Crippen molar-refractivity contribution in [2.75, 3.05) is 23.8 Å². The number of benzene rings is 2. The summed E-state index contributed by atoms with van der Waals surface area (Å²) in [5, 5.41) is 7.90. The van der Waals surface area contributed by atoms with Crippen LogP contribution < -0.4 is 20.7 Å². The Labute approximate surface area is 207 Å². The van der Waals surface area contributed by atoms with Gasteiger partial charge in [-0.2, -0.15) is 0 Å². The second-order valence-corrected chi connectivity index (χ2v) is 10.3. The number of carbonyl (C=O) groups excluding carboxylic acids is 3. The van der Waals surface area contributed by atoms with E-state index in [1.165, 1.54) is 5.56 Å². The van der Waals surface area contributed by atoms with Crippen molar-refractivity contribution in [3.63, 3.8) is 0 Å². The van der Waals surface area contributed by atoms with E-state index in [0.29, 0.717) is 30.8 Å². The van der Waals surface area contributed by atoms with Gasteiger partial charge in [0.05, 0.1) is 6.61 Å². The summed E-state index contributed by atoms with van der Waals surface area (Å²) in [4.78, 5) is 36.0. The first-order valence-corrected chi connectivity index (χ1v) is 11.7. The van der Waals surface area contributed by atoms with Crippen LogP contribution in [-0.4, -0.2) is 36.7 Å². The SMILES string of the molecule is CC(C)(C)OC(=O)NCC(=O)Nc1cccc(NC(=O)CCCOc2ccc(C(C)(C)C)cc2)c1. The summed E-state index contributed by atoms with van der Waals surface area (Å²) < 4.78 is 10.8. The lowest BCUT2D eigenvalue weighted by Crippen LogP contribution is -2.37. The molecule has 0 heterocycles. The third kappa shape index (κ3) is 10.9. The number of hydrogen-bond donors (Lipinski definition) is 3. The van der Waals surface area contributed by atoms with Gasteiger partial charge >= 0.3 is 6.09 Å². The number of hydrogen-bond acceptors (Lipinski definition) is 5. The molecule has 0 aliphatic carbocycles. The average molecular weight is 484 g/mol. The predicted octanol–water partition coefficient (Wildman–Crippen LogP) is 5.25. The van der Waals surface area contributed by atoms with E-state index in [1.807, 2.05) is 12.1 Å². The Morgan fingerprint density at radius 2 is 1.43 bits per heavy atom. The van der Waals surface area contributed by atoms with Crippen molar-refractivity contribution in [1.29, 1.82) is 0 Å². The fraction of sp³-hybridized carbons (Fsp3) is 0.444. The Kier molecular flexibility index (Phi) is 9.68. The van der Waals surface area contributed by atoms with Gasteiger partial charge in [-0.3, -0.25) is 9.59 Å². The molecule has 2 aromatic carbocycles. The fourth-order valence-corrected chi connectivity index (χ4v) is 3.04. The minimum atomic E-state index is -0.667. The first-order valence-electron chi connectivity index (χ1n) is 11.7. The van der Waals surface area contributed by atoms with E-state index in [4.69, 9.17) is 9.47 Å². The molecule has 0 bridgehead atoms. The van der Waals surface area contributed by atoms with Gasteiger partial charge < -0.3 is 25.4 Å². The number of rotatable bonds is 9. The van der Waals surface area contributed by atoms with Crippen LogP contribution in [0, 0.1) is 0 Å². The molecule has 190 valence electrons. The number of anilines is 2. The summed E-state index contributed by atoms with van der Waals surface area (Å²) in [5.74, 6) is 0.224. The lowest BCUT2D eigenvalue weighted by molar-refractivity contribution is -0.116. The molecule has 3 amide bonds. The van der Waals surface area contributed by atoms with Crippen molar-refractivity contribution in [1.82, 2.24) is 5.32 Å². The van der Waals surface area contributed by atoms with Crippen LogP contribution in [0.2, 0.25) is 0 Å². The largest absolute Gasteiger partial charge is 0.494 e. The molecule has 0 saturated heterocycles. The minimum Gasteiger partial charge on any atom is -0.494 e. The van der Waals surface area contributed by atoms with E-state index >= 15 is 0 Å². The molecule has 2 aromatic rings. The van der Waals surface area contributed by atoms with Crippen LogP contribution in [0.1, 0.15) is 59.9 Å². The normalized spacial score (nSPS) is 11.4. The van der Waals surface area contributed by atoms with Crippen LogP contribution in [0.4, 0.5) is 16.2 Å². The van der Waals surface area contributed by atoms with Crippen LogP contribution in [0.5, 0.6) is 5.75 Å². The molecular formula is C27H37N3O5. The number of amides is 3. The third-order valence-corrected chi connectivity index (χ3v) is 4.76. The molecule has 0 fully saturated rings. The maximum Gasteiger partial charge on any atom is 0.408 e. The van der Waals surface area contributed by atoms with Crippen molar-refractivity contribution < 1.29 is 23.9 Å². The summed E-state index contributed by atoms with van der Waals surface area (Å²) in [5.41, 5.74) is 1.75. The molecule has 0 aliphatic heterocycles. The molecule has 0 saturated carbocycles. The van der Waals surface area contributed by atoms with Crippen molar-refractivity contribution in [2.45, 2.75) is 65.4 Å². The Bertz CT molecular complexity index is 1000. The van der Waals surface area contributed by atoms with Crippen molar-refractivity contribution in [3.8, 4) is 5.75 Å². The van der Waals surface area contributed by atoms with E-state index in [9.17, 15) is 14.4 Å². The summed E-state index contributed by atoms with van der Waals surface area (Å²) in [7, 11) is 0. The molecule has 2 rings (SSSR count). The topological polar surface area (TPSA) is 106 Å². The second kappa shape index (κ2) is 12.2. The van der Waals surface area contributed by atoms with Gasteiger partial charge in [-0.25, -0.2) is 4.79 Å². The van der Waals surface area contributed by atoms with E-state index < -0.39 is 17.6 Å². The smallest absolute Gasteiger partial charge is 0.408 e. The Hall–Kier alpha value is -3.55. The molecule has 0 radical (unpaired) electrons. The van der Waals surface area contributed by atoms with E-state index in [2.05, 4.69) is 48.9 Å². The highest BCUT2D eigenvalue weighted by Crippen LogP contribution is 2.24. The molecular weight excluding hydrogens is 446 g/mol. The molecule has 8 nitrogen and oxygen atoms in total. The van der Waals surface area contributed by atoms with Crippen molar-refractivity contribution in [2.24, 2.45) is 0 Å². The van der Waals surface area contributed by atoms with E-state index in [0.717, 1.165) is 5.75 Å². The van der Waals surface area contributed by atoms with Gasteiger partial charge in [-0.1, -0.05) is 39.0 Å². The first kappa shape index (κ1) is 27.7. The van der Waals surface area contributed by atoms with Crippen molar-refractivity contribution >= 4 is 29.3 Å². The van der Waals surface area contributed by atoms with E-state index in [-0.39, 0.29) is 17.9 Å².